The number of aromatic hydroxyl groups is 1. The lowest BCUT2D eigenvalue weighted by Crippen LogP contribution is -2.14. The van der Waals surface area contributed by atoms with E-state index in [1.807, 2.05) is 0 Å². The van der Waals surface area contributed by atoms with Crippen molar-refractivity contribution in [3.8, 4) is 5.75 Å². The quantitative estimate of drug-likeness (QED) is 0.812. The zero-order valence-corrected chi connectivity index (χ0v) is 11.1. The van der Waals surface area contributed by atoms with Crippen molar-refractivity contribution in [2.24, 2.45) is 0 Å². The Balaban J connectivity index is 2.30. The molecule has 1 aromatic carbocycles. The number of hydrogen-bond donors (Lipinski definition) is 3. The third kappa shape index (κ3) is 2.77. The van der Waals surface area contributed by atoms with Crippen molar-refractivity contribution in [2.45, 2.75) is 6.92 Å². The Morgan fingerprint density at radius 3 is 2.55 bits per heavy atom. The van der Waals surface area contributed by atoms with Crippen molar-refractivity contribution < 1.29 is 24.2 Å². The van der Waals surface area contributed by atoms with Crippen LogP contribution in [0.2, 0.25) is 0 Å². The minimum absolute atomic E-state index is 0.0416. The average molecular weight is 295 g/mol. The smallest absolute Gasteiger partial charge is 0.338 e. The number of phenolic OH excluding ortho intramolecular Hbond substituents is 1. The number of aryl methyl sites for hydroxylation is 1. The molecule has 7 heteroatoms. The van der Waals surface area contributed by atoms with Crippen LogP contribution in [0.4, 0.5) is 9.39 Å². The van der Waals surface area contributed by atoms with E-state index in [0.29, 0.717) is 4.88 Å². The molecule has 0 saturated carbocycles. The minimum Gasteiger partial charge on any atom is -0.508 e. The standard InChI is InChI=1S/C13H10FNO4S/c1-6-4-9(13(18)19)12(20-6)15-11(17)8-3-2-7(16)5-10(8)14/h2-5,16H,1H3,(H,15,17)(H,18,19). The lowest BCUT2D eigenvalue weighted by Gasteiger charge is -2.05. The van der Waals surface area contributed by atoms with E-state index in [1.165, 1.54) is 12.1 Å². The van der Waals surface area contributed by atoms with Gasteiger partial charge in [0, 0.05) is 10.9 Å². The van der Waals surface area contributed by atoms with Crippen LogP contribution in [0.5, 0.6) is 5.75 Å². The molecule has 0 spiro atoms. The van der Waals surface area contributed by atoms with Gasteiger partial charge in [0.25, 0.3) is 5.91 Å². The van der Waals surface area contributed by atoms with Crippen molar-refractivity contribution in [1.29, 1.82) is 0 Å². The molecule has 0 aliphatic heterocycles. The molecule has 0 fully saturated rings. The van der Waals surface area contributed by atoms with Crippen molar-refractivity contribution in [3.63, 3.8) is 0 Å². The number of thiophene rings is 1. The third-order valence-electron chi connectivity index (χ3n) is 2.51. The Morgan fingerprint density at radius 2 is 1.95 bits per heavy atom. The number of carboxylic acid groups (broad SMARTS) is 1. The number of halogens is 1. The van der Waals surface area contributed by atoms with Crippen molar-refractivity contribution in [3.05, 3.63) is 46.1 Å². The Labute approximate surface area is 117 Å². The molecule has 2 aromatic rings. The topological polar surface area (TPSA) is 86.6 Å². The highest BCUT2D eigenvalue weighted by molar-refractivity contribution is 7.16. The number of phenols is 1. The first kappa shape index (κ1) is 14.0. The molecule has 0 aliphatic rings. The van der Waals surface area contributed by atoms with E-state index >= 15 is 0 Å². The van der Waals surface area contributed by atoms with E-state index in [4.69, 9.17) is 10.2 Å². The molecular weight excluding hydrogens is 285 g/mol. The molecule has 1 heterocycles. The molecule has 104 valence electrons. The van der Waals surface area contributed by atoms with Gasteiger partial charge in [-0.2, -0.15) is 0 Å². The zero-order valence-electron chi connectivity index (χ0n) is 10.3. The number of amides is 1. The first-order valence-corrected chi connectivity index (χ1v) is 6.33. The Morgan fingerprint density at radius 1 is 1.25 bits per heavy atom. The highest BCUT2D eigenvalue weighted by Crippen LogP contribution is 2.28. The van der Waals surface area contributed by atoms with Crippen LogP contribution >= 0.6 is 11.3 Å². The van der Waals surface area contributed by atoms with Crippen molar-refractivity contribution in [1.82, 2.24) is 0 Å². The second-order valence-corrected chi connectivity index (χ2v) is 5.28. The fourth-order valence-electron chi connectivity index (χ4n) is 1.62. The maximum Gasteiger partial charge on any atom is 0.338 e. The highest BCUT2D eigenvalue weighted by atomic mass is 32.1. The van der Waals surface area contributed by atoms with E-state index in [2.05, 4.69) is 5.32 Å². The van der Waals surface area contributed by atoms with Crippen LogP contribution in [0.25, 0.3) is 0 Å². The van der Waals surface area contributed by atoms with Gasteiger partial charge in [0.05, 0.1) is 11.1 Å². The van der Waals surface area contributed by atoms with Crippen LogP contribution in [0.15, 0.2) is 24.3 Å². The number of carbonyl (C=O) groups is 2. The average Bonchev–Trinajstić information content (AvgIpc) is 2.70. The monoisotopic (exact) mass is 295 g/mol. The Bertz CT molecular complexity index is 696. The van der Waals surface area contributed by atoms with Gasteiger partial charge in [-0.25, -0.2) is 9.18 Å². The molecule has 5 nitrogen and oxygen atoms in total. The molecule has 0 unspecified atom stereocenters. The summed E-state index contributed by atoms with van der Waals surface area (Å²) in [6, 6.07) is 4.54. The SMILES string of the molecule is Cc1cc(C(=O)O)c(NC(=O)c2ccc(O)cc2F)s1. The molecular formula is C13H10FNO4S. The predicted octanol–water partition coefficient (Wildman–Crippen LogP) is 2.85. The first-order valence-electron chi connectivity index (χ1n) is 5.52. The summed E-state index contributed by atoms with van der Waals surface area (Å²) in [5, 5.41) is 20.6. The van der Waals surface area contributed by atoms with Gasteiger partial charge in [0.2, 0.25) is 0 Å². The Kier molecular flexibility index (Phi) is 3.71. The molecule has 3 N–H and O–H groups in total. The third-order valence-corrected chi connectivity index (χ3v) is 3.48. The van der Waals surface area contributed by atoms with Gasteiger partial charge in [-0.3, -0.25) is 4.79 Å². The first-order chi connectivity index (χ1) is 9.38. The number of rotatable bonds is 3. The molecule has 0 atom stereocenters. The van der Waals surface area contributed by atoms with Gasteiger partial charge in [-0.05, 0) is 25.1 Å². The van der Waals surface area contributed by atoms with Crippen LogP contribution in [0, 0.1) is 12.7 Å². The summed E-state index contributed by atoms with van der Waals surface area (Å²) in [5.41, 5.74) is -0.315. The van der Waals surface area contributed by atoms with Crippen LogP contribution < -0.4 is 5.32 Å². The molecule has 0 bridgehead atoms. The van der Waals surface area contributed by atoms with E-state index in [0.717, 1.165) is 23.5 Å². The lowest BCUT2D eigenvalue weighted by molar-refractivity contribution is 0.0698. The summed E-state index contributed by atoms with van der Waals surface area (Å²) in [6.07, 6.45) is 0. The molecule has 0 saturated heterocycles. The Hall–Kier alpha value is -2.41. The van der Waals surface area contributed by atoms with Gasteiger partial charge < -0.3 is 15.5 Å². The molecule has 0 radical (unpaired) electrons. The molecule has 20 heavy (non-hydrogen) atoms. The van der Waals surface area contributed by atoms with Gasteiger partial charge in [0.15, 0.2) is 0 Å². The van der Waals surface area contributed by atoms with E-state index in [1.54, 1.807) is 6.92 Å². The maximum absolute atomic E-state index is 13.5. The number of benzene rings is 1. The summed E-state index contributed by atoms with van der Waals surface area (Å²) in [5.74, 6) is -3.12. The summed E-state index contributed by atoms with van der Waals surface area (Å²) in [4.78, 5) is 23.6. The fourth-order valence-corrected chi connectivity index (χ4v) is 2.52. The van der Waals surface area contributed by atoms with Crippen LogP contribution in [-0.4, -0.2) is 22.1 Å². The second kappa shape index (κ2) is 5.30. The summed E-state index contributed by atoms with van der Waals surface area (Å²) in [7, 11) is 0. The van der Waals surface area contributed by atoms with Crippen molar-refractivity contribution in [2.75, 3.05) is 5.32 Å². The minimum atomic E-state index is -1.17. The summed E-state index contributed by atoms with van der Waals surface area (Å²) >= 11 is 1.09. The normalized spacial score (nSPS) is 10.3. The van der Waals surface area contributed by atoms with E-state index in [9.17, 15) is 14.0 Å². The molecule has 0 aliphatic carbocycles. The van der Waals surface area contributed by atoms with Crippen LogP contribution in [-0.2, 0) is 0 Å². The molecule has 1 amide bonds. The van der Waals surface area contributed by atoms with Gasteiger partial charge in [-0.1, -0.05) is 0 Å². The number of carbonyl (C=O) groups excluding carboxylic acids is 1. The van der Waals surface area contributed by atoms with Crippen LogP contribution in [0.3, 0.4) is 0 Å². The number of nitrogens with one attached hydrogen (secondary N) is 1. The summed E-state index contributed by atoms with van der Waals surface area (Å²) < 4.78 is 13.5. The van der Waals surface area contributed by atoms with Crippen molar-refractivity contribution >= 4 is 28.2 Å². The zero-order chi connectivity index (χ0) is 14.9. The number of carboxylic acids is 1. The van der Waals surface area contributed by atoms with E-state index in [-0.39, 0.29) is 21.9 Å². The molecule has 1 aromatic heterocycles. The second-order valence-electron chi connectivity index (χ2n) is 4.02. The van der Waals surface area contributed by atoms with Gasteiger partial charge in [-0.15, -0.1) is 11.3 Å². The maximum atomic E-state index is 13.5. The predicted molar refractivity (Wildman–Crippen MR) is 72.0 cm³/mol. The van der Waals surface area contributed by atoms with Crippen LogP contribution in [0.1, 0.15) is 25.6 Å². The number of aromatic carboxylic acids is 1. The van der Waals surface area contributed by atoms with Gasteiger partial charge in [0.1, 0.15) is 16.6 Å². The lowest BCUT2D eigenvalue weighted by atomic mass is 10.2. The fraction of sp³-hybridized carbons (Fsp3) is 0.0769. The van der Waals surface area contributed by atoms with Gasteiger partial charge >= 0.3 is 5.97 Å². The number of hydrogen-bond acceptors (Lipinski definition) is 4. The largest absolute Gasteiger partial charge is 0.508 e. The highest BCUT2D eigenvalue weighted by Gasteiger charge is 2.18. The molecule has 2 rings (SSSR count). The van der Waals surface area contributed by atoms with E-state index < -0.39 is 17.7 Å². The number of anilines is 1. The summed E-state index contributed by atoms with van der Waals surface area (Å²) in [6.45, 7) is 1.70.